The van der Waals surface area contributed by atoms with Gasteiger partial charge < -0.3 is 4.74 Å². The molecule has 1 fully saturated rings. The van der Waals surface area contributed by atoms with Crippen LogP contribution in [0.5, 0.6) is 0 Å². The van der Waals surface area contributed by atoms with Crippen molar-refractivity contribution >= 4 is 25.8 Å². The third-order valence-electron chi connectivity index (χ3n) is 4.08. The molecule has 1 aromatic rings. The lowest BCUT2D eigenvalue weighted by molar-refractivity contribution is 0.0318. The molecule has 1 aromatic carbocycles. The summed E-state index contributed by atoms with van der Waals surface area (Å²) in [5.74, 6) is -0.581. The number of rotatable bonds is 5. The first kappa shape index (κ1) is 18.9. The van der Waals surface area contributed by atoms with Crippen LogP contribution in [0.4, 0.5) is 0 Å². The number of esters is 1. The molecule has 1 aliphatic carbocycles. The molecular formula is C15H21NO6S2. The largest absolute Gasteiger partial charge is 0.459 e. The van der Waals surface area contributed by atoms with Crippen LogP contribution in [0.1, 0.15) is 29.6 Å². The number of carbonyl (C=O) groups is 1. The predicted molar refractivity (Wildman–Crippen MR) is 89.0 cm³/mol. The Bertz CT molecular complexity index is 812. The zero-order valence-corrected chi connectivity index (χ0v) is 15.4. The second kappa shape index (κ2) is 6.81. The van der Waals surface area contributed by atoms with Crippen LogP contribution in [0.2, 0.25) is 0 Å². The third kappa shape index (κ3) is 4.14. The van der Waals surface area contributed by atoms with Gasteiger partial charge in [-0.25, -0.2) is 25.9 Å². The van der Waals surface area contributed by atoms with Crippen molar-refractivity contribution in [2.24, 2.45) is 0 Å². The van der Waals surface area contributed by atoms with Gasteiger partial charge in [0.2, 0.25) is 10.0 Å². The minimum Gasteiger partial charge on any atom is -0.459 e. The molecule has 0 heterocycles. The van der Waals surface area contributed by atoms with E-state index in [1.807, 2.05) is 0 Å². The standard InChI is InChI=1S/C15H21NO6S2/c1-16(2)24(20,21)13-7-4-11(5-8-13)15(17)22-12-6-9-14(10-12)23(3,18)19/h4-5,7-8,12,14H,6,9-10H2,1-3H3/t12-,14+/m1/s1. The van der Waals surface area contributed by atoms with Crippen molar-refractivity contribution in [3.63, 3.8) is 0 Å². The van der Waals surface area contributed by atoms with E-state index in [0.717, 1.165) is 4.31 Å². The quantitative estimate of drug-likeness (QED) is 0.714. The Morgan fingerprint density at radius 1 is 1.08 bits per heavy atom. The molecule has 0 radical (unpaired) electrons. The van der Waals surface area contributed by atoms with Crippen LogP contribution in [0.15, 0.2) is 29.2 Å². The van der Waals surface area contributed by atoms with Gasteiger partial charge in [0, 0.05) is 26.8 Å². The topological polar surface area (TPSA) is 97.8 Å². The monoisotopic (exact) mass is 375 g/mol. The first-order valence-corrected chi connectivity index (χ1v) is 10.8. The van der Waals surface area contributed by atoms with Gasteiger partial charge in [0.15, 0.2) is 0 Å². The number of carbonyl (C=O) groups excluding carboxylic acids is 1. The molecule has 0 amide bonds. The lowest BCUT2D eigenvalue weighted by atomic mass is 10.2. The highest BCUT2D eigenvalue weighted by Gasteiger charge is 2.33. The van der Waals surface area contributed by atoms with Crippen molar-refractivity contribution in [3.8, 4) is 0 Å². The fraction of sp³-hybridized carbons (Fsp3) is 0.533. The van der Waals surface area contributed by atoms with Gasteiger partial charge in [0.1, 0.15) is 15.9 Å². The molecule has 0 N–H and O–H groups in total. The zero-order valence-electron chi connectivity index (χ0n) is 13.8. The minimum absolute atomic E-state index is 0.0852. The van der Waals surface area contributed by atoms with Gasteiger partial charge in [0.05, 0.1) is 15.7 Å². The van der Waals surface area contributed by atoms with E-state index in [-0.39, 0.29) is 10.5 Å². The van der Waals surface area contributed by atoms with Crippen LogP contribution in [0, 0.1) is 0 Å². The Hall–Kier alpha value is -1.45. The van der Waals surface area contributed by atoms with E-state index in [9.17, 15) is 21.6 Å². The van der Waals surface area contributed by atoms with Crippen molar-refractivity contribution in [3.05, 3.63) is 29.8 Å². The summed E-state index contributed by atoms with van der Waals surface area (Å²) in [7, 11) is -3.83. The highest BCUT2D eigenvalue weighted by atomic mass is 32.2. The SMILES string of the molecule is CN(C)S(=O)(=O)c1ccc(C(=O)O[C@@H]2CC[C@H](S(C)(=O)=O)C2)cc1. The Labute approximate surface area is 142 Å². The number of sulfonamides is 1. The highest BCUT2D eigenvalue weighted by molar-refractivity contribution is 7.91. The molecule has 0 unspecified atom stereocenters. The lowest BCUT2D eigenvalue weighted by Gasteiger charge is -2.13. The molecule has 2 rings (SSSR count). The smallest absolute Gasteiger partial charge is 0.338 e. The van der Waals surface area contributed by atoms with Gasteiger partial charge in [-0.05, 0) is 37.1 Å². The fourth-order valence-corrected chi connectivity index (χ4v) is 4.62. The molecule has 24 heavy (non-hydrogen) atoms. The molecular weight excluding hydrogens is 354 g/mol. The van der Waals surface area contributed by atoms with Gasteiger partial charge in [-0.15, -0.1) is 0 Å². The highest BCUT2D eigenvalue weighted by Crippen LogP contribution is 2.28. The molecule has 7 nitrogen and oxygen atoms in total. The van der Waals surface area contributed by atoms with Gasteiger partial charge >= 0.3 is 5.97 Å². The first-order chi connectivity index (χ1) is 11.0. The van der Waals surface area contributed by atoms with Crippen molar-refractivity contribution in [1.82, 2.24) is 4.31 Å². The maximum atomic E-state index is 12.1. The summed E-state index contributed by atoms with van der Waals surface area (Å²) < 4.78 is 53.4. The molecule has 0 bridgehead atoms. The molecule has 134 valence electrons. The number of hydrogen-bond donors (Lipinski definition) is 0. The summed E-state index contributed by atoms with van der Waals surface area (Å²) in [6, 6.07) is 5.48. The average Bonchev–Trinajstić information content (AvgIpc) is 2.96. The summed E-state index contributed by atoms with van der Waals surface area (Å²) in [6.07, 6.45) is 2.05. The Kier molecular flexibility index (Phi) is 5.36. The fourth-order valence-electron chi connectivity index (χ4n) is 2.59. The van der Waals surface area contributed by atoms with E-state index in [4.69, 9.17) is 4.74 Å². The van der Waals surface area contributed by atoms with Gasteiger partial charge in [-0.1, -0.05) is 0 Å². The van der Waals surface area contributed by atoms with E-state index in [2.05, 4.69) is 0 Å². The van der Waals surface area contributed by atoms with Gasteiger partial charge in [0.25, 0.3) is 0 Å². The Morgan fingerprint density at radius 3 is 2.12 bits per heavy atom. The summed E-state index contributed by atoms with van der Waals surface area (Å²) >= 11 is 0. The summed E-state index contributed by atoms with van der Waals surface area (Å²) in [5, 5.41) is -0.470. The molecule has 0 spiro atoms. The molecule has 1 aliphatic rings. The summed E-state index contributed by atoms with van der Waals surface area (Å²) in [5.41, 5.74) is 0.232. The zero-order chi connectivity index (χ0) is 18.1. The molecule has 1 saturated carbocycles. The van der Waals surface area contributed by atoms with E-state index >= 15 is 0 Å². The number of hydrogen-bond acceptors (Lipinski definition) is 6. The molecule has 2 atom stereocenters. The van der Waals surface area contributed by atoms with E-state index in [0.29, 0.717) is 19.3 Å². The number of nitrogens with zero attached hydrogens (tertiary/aromatic N) is 1. The van der Waals surface area contributed by atoms with Crippen LogP contribution < -0.4 is 0 Å². The number of benzene rings is 1. The van der Waals surface area contributed by atoms with Crippen molar-refractivity contribution in [2.45, 2.75) is 35.5 Å². The third-order valence-corrected chi connectivity index (χ3v) is 7.55. The van der Waals surface area contributed by atoms with Gasteiger partial charge in [-0.3, -0.25) is 0 Å². The van der Waals surface area contributed by atoms with E-state index in [1.54, 1.807) is 0 Å². The normalized spacial score (nSPS) is 21.8. The van der Waals surface area contributed by atoms with Crippen molar-refractivity contribution < 1.29 is 26.4 Å². The predicted octanol–water partition coefficient (Wildman–Crippen LogP) is 1.06. The lowest BCUT2D eigenvalue weighted by Crippen LogP contribution is -2.22. The van der Waals surface area contributed by atoms with Crippen molar-refractivity contribution in [2.75, 3.05) is 20.4 Å². The van der Waals surface area contributed by atoms with Crippen molar-refractivity contribution in [1.29, 1.82) is 0 Å². The van der Waals surface area contributed by atoms with E-state index in [1.165, 1.54) is 44.6 Å². The Morgan fingerprint density at radius 2 is 1.67 bits per heavy atom. The minimum atomic E-state index is -3.55. The van der Waals surface area contributed by atoms with Gasteiger partial charge in [-0.2, -0.15) is 0 Å². The first-order valence-electron chi connectivity index (χ1n) is 7.44. The molecule has 0 aliphatic heterocycles. The second-order valence-electron chi connectivity index (χ2n) is 6.10. The molecule has 0 saturated heterocycles. The van der Waals surface area contributed by atoms with Crippen LogP contribution in [-0.2, 0) is 24.6 Å². The summed E-state index contributed by atoms with van der Waals surface area (Å²) in [4.78, 5) is 12.2. The van der Waals surface area contributed by atoms with Crippen LogP contribution >= 0.6 is 0 Å². The number of ether oxygens (including phenoxy) is 1. The molecule has 9 heteroatoms. The number of sulfone groups is 1. The van der Waals surface area contributed by atoms with Crippen LogP contribution in [0.25, 0.3) is 0 Å². The maximum absolute atomic E-state index is 12.1. The average molecular weight is 375 g/mol. The van der Waals surface area contributed by atoms with Crippen LogP contribution in [0.3, 0.4) is 0 Å². The molecule has 0 aromatic heterocycles. The maximum Gasteiger partial charge on any atom is 0.338 e. The second-order valence-corrected chi connectivity index (χ2v) is 10.6. The van der Waals surface area contributed by atoms with E-state index < -0.39 is 37.2 Å². The summed E-state index contributed by atoms with van der Waals surface area (Å²) in [6.45, 7) is 0. The van der Waals surface area contributed by atoms with Crippen LogP contribution in [-0.4, -0.2) is 58.8 Å². The Balaban J connectivity index is 2.04.